The van der Waals surface area contributed by atoms with E-state index in [0.717, 1.165) is 18.6 Å². The molecule has 0 fully saturated rings. The highest BCUT2D eigenvalue weighted by molar-refractivity contribution is 7.60. The van der Waals surface area contributed by atoms with E-state index in [0.29, 0.717) is 6.04 Å². The van der Waals surface area contributed by atoms with Gasteiger partial charge >= 0.3 is 15.6 Å². The first-order valence-corrected chi connectivity index (χ1v) is 12.9. The van der Waals surface area contributed by atoms with Gasteiger partial charge in [-0.15, -0.1) is 0 Å². The molecule has 2 aromatic rings. The summed E-state index contributed by atoms with van der Waals surface area (Å²) < 4.78 is 26.7. The van der Waals surface area contributed by atoms with Crippen LogP contribution >= 0.6 is 27.2 Å². The SMILES string of the molecule is CCN(CC)CCCC(C)Nc1snc2ccccc12.O=P(O)(O)OP(=O)(O)O. The van der Waals surface area contributed by atoms with Crippen molar-refractivity contribution >= 4 is 43.1 Å². The van der Waals surface area contributed by atoms with E-state index in [4.69, 9.17) is 19.6 Å². The lowest BCUT2D eigenvalue weighted by Crippen LogP contribution is -2.25. The second-order valence-electron chi connectivity index (χ2n) is 6.31. The van der Waals surface area contributed by atoms with E-state index in [-0.39, 0.29) is 0 Å². The fourth-order valence-corrected chi connectivity index (χ4v) is 4.57. The second-order valence-corrected chi connectivity index (χ2v) is 9.70. The van der Waals surface area contributed by atoms with Gasteiger partial charge in [-0.2, -0.15) is 8.68 Å². The maximum absolute atomic E-state index is 9.63. The molecule has 0 amide bonds. The molecule has 166 valence electrons. The van der Waals surface area contributed by atoms with Crippen LogP contribution in [-0.2, 0) is 13.4 Å². The molecule has 0 radical (unpaired) electrons. The molecule has 0 aliphatic rings. The molecule has 0 saturated carbocycles. The molecule has 1 aromatic heterocycles. The lowest BCUT2D eigenvalue weighted by molar-refractivity contribution is 0.225. The summed E-state index contributed by atoms with van der Waals surface area (Å²) in [5.74, 6) is 0. The second kappa shape index (κ2) is 12.1. The van der Waals surface area contributed by atoms with Crippen molar-refractivity contribution < 1.29 is 33.0 Å². The lowest BCUT2D eigenvalue weighted by Gasteiger charge is -2.19. The summed E-state index contributed by atoms with van der Waals surface area (Å²) >= 11 is 1.57. The minimum Gasteiger partial charge on any atom is -0.373 e. The molecule has 0 bridgehead atoms. The molecule has 0 aliphatic heterocycles. The number of hydrogen-bond donors (Lipinski definition) is 5. The van der Waals surface area contributed by atoms with Gasteiger partial charge in [0.05, 0.1) is 5.52 Å². The lowest BCUT2D eigenvalue weighted by atomic mass is 10.1. The van der Waals surface area contributed by atoms with Crippen LogP contribution in [0.4, 0.5) is 5.00 Å². The predicted octanol–water partition coefficient (Wildman–Crippen LogP) is 3.41. The average Bonchev–Trinajstić information content (AvgIpc) is 2.99. The van der Waals surface area contributed by atoms with Gasteiger partial charge in [-0.25, -0.2) is 9.13 Å². The normalized spacial score (nSPS) is 13.2. The minimum atomic E-state index is -5.05. The zero-order valence-electron chi connectivity index (χ0n) is 16.6. The number of rotatable bonds is 10. The van der Waals surface area contributed by atoms with Crippen LogP contribution in [0.25, 0.3) is 10.9 Å². The highest BCUT2D eigenvalue weighted by atomic mass is 32.1. The van der Waals surface area contributed by atoms with Crippen LogP contribution in [0.5, 0.6) is 0 Å². The molecule has 1 atom stereocenters. The van der Waals surface area contributed by atoms with Gasteiger partial charge in [0, 0.05) is 11.4 Å². The van der Waals surface area contributed by atoms with Crippen molar-refractivity contribution in [2.24, 2.45) is 0 Å². The van der Waals surface area contributed by atoms with Gasteiger partial charge in [0.2, 0.25) is 0 Å². The summed E-state index contributed by atoms with van der Waals surface area (Å²) in [5.41, 5.74) is 1.09. The fraction of sp³-hybridized carbons (Fsp3) is 0.562. The monoisotopic (exact) mass is 469 g/mol. The Bertz CT molecular complexity index is 815. The van der Waals surface area contributed by atoms with Crippen LogP contribution in [0.3, 0.4) is 0 Å². The summed E-state index contributed by atoms with van der Waals surface area (Å²) in [6, 6.07) is 8.83. The highest BCUT2D eigenvalue weighted by Gasteiger charge is 2.27. The van der Waals surface area contributed by atoms with Crippen LogP contribution < -0.4 is 5.32 Å². The quantitative estimate of drug-likeness (QED) is 0.327. The number of anilines is 1. The molecule has 1 aromatic carbocycles. The van der Waals surface area contributed by atoms with E-state index in [1.165, 1.54) is 29.8 Å². The number of phosphoric acid groups is 2. The third-order valence-electron chi connectivity index (χ3n) is 3.98. The summed E-state index contributed by atoms with van der Waals surface area (Å²) in [7, 11) is -10.1. The van der Waals surface area contributed by atoms with Crippen LogP contribution in [0, 0.1) is 0 Å². The molecule has 0 saturated heterocycles. The number of nitrogens with one attached hydrogen (secondary N) is 1. The summed E-state index contributed by atoms with van der Waals surface area (Å²) in [5, 5.41) is 6.06. The Morgan fingerprint density at radius 2 is 1.72 bits per heavy atom. The van der Waals surface area contributed by atoms with Crippen molar-refractivity contribution in [3.63, 3.8) is 0 Å². The summed E-state index contributed by atoms with van der Waals surface area (Å²) in [6.45, 7) is 10.2. The number of benzene rings is 1. The Labute approximate surface area is 174 Å². The van der Waals surface area contributed by atoms with Crippen LogP contribution in [-0.4, -0.2) is 54.5 Å². The van der Waals surface area contributed by atoms with Gasteiger partial charge in [-0.05, 0) is 63.1 Å². The third-order valence-corrected chi connectivity index (χ3v) is 6.49. The fourth-order valence-electron chi connectivity index (χ4n) is 2.59. The van der Waals surface area contributed by atoms with Gasteiger partial charge < -0.3 is 29.8 Å². The maximum atomic E-state index is 9.63. The van der Waals surface area contributed by atoms with Gasteiger partial charge in [-0.1, -0.05) is 26.0 Å². The Morgan fingerprint density at radius 1 is 1.14 bits per heavy atom. The molecule has 0 spiro atoms. The Balaban J connectivity index is 0.000000396. The Kier molecular flexibility index (Phi) is 10.9. The molecule has 2 rings (SSSR count). The number of nitrogens with zero attached hydrogens (tertiary/aromatic N) is 2. The van der Waals surface area contributed by atoms with E-state index < -0.39 is 15.6 Å². The molecule has 1 unspecified atom stereocenters. The first-order valence-electron chi connectivity index (χ1n) is 9.11. The van der Waals surface area contributed by atoms with Crippen LogP contribution in [0.1, 0.15) is 33.6 Å². The predicted molar refractivity (Wildman–Crippen MR) is 115 cm³/mol. The van der Waals surface area contributed by atoms with Crippen molar-refractivity contribution in [1.29, 1.82) is 0 Å². The average molecular weight is 469 g/mol. The first kappa shape index (κ1) is 26.2. The molecular weight excluding hydrogens is 440 g/mol. The van der Waals surface area contributed by atoms with E-state index in [1.54, 1.807) is 11.5 Å². The van der Waals surface area contributed by atoms with Gasteiger partial charge in [-0.3, -0.25) is 0 Å². The largest absolute Gasteiger partial charge is 0.478 e. The Hall–Kier alpha value is -0.870. The third kappa shape index (κ3) is 11.2. The first-order chi connectivity index (χ1) is 13.4. The van der Waals surface area contributed by atoms with Crippen LogP contribution in [0.15, 0.2) is 24.3 Å². The number of fused-ring (bicyclic) bond motifs is 1. The summed E-state index contributed by atoms with van der Waals surface area (Å²) in [6.07, 6.45) is 2.44. The molecule has 10 nitrogen and oxygen atoms in total. The van der Waals surface area contributed by atoms with E-state index in [2.05, 4.69) is 57.9 Å². The van der Waals surface area contributed by atoms with E-state index in [1.807, 2.05) is 6.07 Å². The highest BCUT2D eigenvalue weighted by Crippen LogP contribution is 2.53. The molecule has 5 N–H and O–H groups in total. The smallest absolute Gasteiger partial charge is 0.373 e. The van der Waals surface area contributed by atoms with Crippen molar-refractivity contribution in [3.05, 3.63) is 24.3 Å². The molecule has 0 aliphatic carbocycles. The van der Waals surface area contributed by atoms with Gasteiger partial charge in [0.1, 0.15) is 5.00 Å². The standard InChI is InChI=1S/C16H25N3S.H4O7P2/c1-4-19(5-2)12-8-9-13(3)17-16-14-10-6-7-11-15(14)18-20-16;1-8(2,3)7-9(4,5)6/h6-7,10-11,13,17H,4-5,8-9,12H2,1-3H3;(H2,1,2,3)(H2,4,5,6). The van der Waals surface area contributed by atoms with E-state index >= 15 is 0 Å². The zero-order chi connectivity index (χ0) is 22.1. The molecule has 29 heavy (non-hydrogen) atoms. The number of hydrogen-bond acceptors (Lipinski definition) is 7. The number of aromatic nitrogens is 1. The van der Waals surface area contributed by atoms with Gasteiger partial charge in [0.25, 0.3) is 0 Å². The van der Waals surface area contributed by atoms with Crippen molar-refractivity contribution in [2.45, 2.75) is 39.7 Å². The molecule has 1 heterocycles. The Morgan fingerprint density at radius 3 is 2.24 bits per heavy atom. The summed E-state index contributed by atoms with van der Waals surface area (Å²) in [4.78, 5) is 33.5. The minimum absolute atomic E-state index is 0.495. The van der Waals surface area contributed by atoms with Crippen molar-refractivity contribution in [1.82, 2.24) is 9.27 Å². The van der Waals surface area contributed by atoms with E-state index in [9.17, 15) is 9.13 Å². The van der Waals surface area contributed by atoms with Crippen LogP contribution in [0.2, 0.25) is 0 Å². The molecular formula is C16H29N3O7P2S. The topological polar surface area (TPSA) is 152 Å². The zero-order valence-corrected chi connectivity index (χ0v) is 19.2. The van der Waals surface area contributed by atoms with Crippen molar-refractivity contribution in [2.75, 3.05) is 25.0 Å². The van der Waals surface area contributed by atoms with Crippen molar-refractivity contribution in [3.8, 4) is 0 Å². The maximum Gasteiger partial charge on any atom is 0.478 e. The van der Waals surface area contributed by atoms with Gasteiger partial charge in [0.15, 0.2) is 0 Å². The molecule has 13 heteroatoms.